The van der Waals surface area contributed by atoms with Crippen molar-refractivity contribution in [3.8, 4) is 28.7 Å². The highest BCUT2D eigenvalue weighted by Gasteiger charge is 2.24. The largest absolute Gasteiger partial charge is 0.505 e. The van der Waals surface area contributed by atoms with Gasteiger partial charge in [0.15, 0.2) is 11.5 Å². The second-order valence-electron chi connectivity index (χ2n) is 21.7. The highest BCUT2D eigenvalue weighted by Crippen LogP contribution is 2.45. The van der Waals surface area contributed by atoms with Gasteiger partial charge in [-0.3, -0.25) is 18.9 Å². The van der Waals surface area contributed by atoms with Gasteiger partial charge in [-0.2, -0.15) is 53.7 Å². The van der Waals surface area contributed by atoms with Crippen molar-refractivity contribution in [1.29, 1.82) is 0 Å². The van der Waals surface area contributed by atoms with Gasteiger partial charge in [0.2, 0.25) is 23.8 Å². The van der Waals surface area contributed by atoms with E-state index in [4.69, 9.17) is 26.8 Å². The number of carboxylic acids is 3. The third-order valence-electron chi connectivity index (χ3n) is 14.3. The number of aromatic carboxylic acids is 1. The Morgan fingerprint density at radius 2 is 0.981 bits per heavy atom. The first-order valence-corrected chi connectivity index (χ1v) is 33.2. The van der Waals surface area contributed by atoms with E-state index in [9.17, 15) is 57.7 Å². The molecule has 0 aliphatic rings. The topological polar surface area (TPSA) is 527 Å². The van der Waals surface area contributed by atoms with Gasteiger partial charge in [0.25, 0.3) is 16.6 Å². The van der Waals surface area contributed by atoms with Gasteiger partial charge in [0.05, 0.1) is 41.5 Å². The number of aliphatic carboxylic acids is 2. The average molecular weight is 1460 g/mol. The van der Waals surface area contributed by atoms with E-state index >= 15 is 0 Å². The second-order valence-corrected chi connectivity index (χ2v) is 23.5. The molecule has 0 aliphatic carbocycles. The first-order chi connectivity index (χ1) is 49.8. The van der Waals surface area contributed by atoms with Gasteiger partial charge in [-0.1, -0.05) is 42.5 Å². The van der Waals surface area contributed by atoms with Crippen molar-refractivity contribution >= 4 is 136 Å². The van der Waals surface area contributed by atoms with Crippen LogP contribution in [0.5, 0.6) is 28.7 Å². The maximum absolute atomic E-state index is 12.8. The number of aromatic hydroxyl groups is 2. The summed E-state index contributed by atoms with van der Waals surface area (Å²) >= 11 is 0. The lowest BCUT2D eigenvalue weighted by molar-refractivity contribution is -0.136. The summed E-state index contributed by atoms with van der Waals surface area (Å²) in [5, 5.41) is 98.9. The number of hydrogen-bond donors (Lipinski definition) is 10. The van der Waals surface area contributed by atoms with E-state index in [1.807, 2.05) is 19.9 Å². The molecular weight excluding hydrogens is 1400 g/mol. The van der Waals surface area contributed by atoms with E-state index in [0.29, 0.717) is 74.7 Å². The lowest BCUT2D eigenvalue weighted by atomic mass is 10.0. The minimum atomic E-state index is -5.02. The number of phenols is 2. The fraction of sp³-hybridized carbons (Fsp3) is 0.182. The van der Waals surface area contributed by atoms with Crippen LogP contribution in [0.2, 0.25) is 0 Å². The normalized spacial score (nSPS) is 11.4. The predicted octanol–water partition coefficient (Wildman–Crippen LogP) is 12.0. The lowest BCUT2D eigenvalue weighted by Crippen LogP contribution is -2.21. The molecule has 8 aromatic carbocycles. The number of phenolic OH excluding ortho intramolecular Hbond substituents is 2. The molecule has 36 nitrogen and oxygen atoms in total. The van der Waals surface area contributed by atoms with Crippen molar-refractivity contribution in [2.45, 2.75) is 45.4 Å². The summed E-state index contributed by atoms with van der Waals surface area (Å²) in [6, 6.07) is 33.2. The third-order valence-corrected chi connectivity index (χ3v) is 15.2. The minimum absolute atomic E-state index is 0.00418. The molecule has 0 radical (unpaired) electrons. The van der Waals surface area contributed by atoms with Crippen LogP contribution >= 0.6 is 0 Å². The Bertz CT molecular complexity index is 5320. The Balaban J connectivity index is 0.00000306. The number of hydrogen-bond acceptors (Lipinski definition) is 32. The highest BCUT2D eigenvalue weighted by atomic mass is 32.2. The number of aryl methyl sites for hydroxylation is 2. The number of fused-ring (bicyclic) bond motifs is 2. The van der Waals surface area contributed by atoms with Crippen molar-refractivity contribution in [3.63, 3.8) is 0 Å². The number of aromatic nitrogens is 6. The number of carboxylic acid groups (broad SMARTS) is 3. The molecule has 534 valence electrons. The molecule has 10 aromatic rings. The Morgan fingerprint density at radius 1 is 0.519 bits per heavy atom. The molecule has 0 amide bonds. The molecule has 10 N–H and O–H groups in total. The molecule has 2 heterocycles. The number of azo groups is 4. The maximum atomic E-state index is 12.8. The zero-order valence-corrected chi connectivity index (χ0v) is 56.7. The maximum Gasteiger partial charge on any atom is 0.425 e. The summed E-state index contributed by atoms with van der Waals surface area (Å²) in [6.07, 6.45) is 0.0343. The third kappa shape index (κ3) is 20.6. The van der Waals surface area contributed by atoms with Crippen molar-refractivity contribution in [3.05, 3.63) is 167 Å². The zero-order valence-electron chi connectivity index (χ0n) is 55.0. The van der Waals surface area contributed by atoms with Crippen LogP contribution in [-0.2, 0) is 48.0 Å². The van der Waals surface area contributed by atoms with Crippen LogP contribution in [0.25, 0.3) is 21.5 Å². The number of ether oxygens (including phenoxy) is 3. The van der Waals surface area contributed by atoms with Crippen LogP contribution in [0.3, 0.4) is 0 Å². The van der Waals surface area contributed by atoms with E-state index in [-0.39, 0.29) is 119 Å². The second kappa shape index (κ2) is 34.5. The molecule has 0 saturated heterocycles. The standard InChI is InChI=1S/C66H60N18O15S.O3S/c1-5-97-52-31-49(36(4)21-50(52)82-77-42-10-7-9-41(27-42)62(92)93)81-84-59-54(100(94,95)96)28-40-16-14-38(24-46(40)61(59)91)26-56-72-64(76-66(74-56)70-33-58(88)89)68-20-19-67-63-71-55(73-65(75-63)69-32-57(86)87)25-37-13-15-39-17-18-47(60(90)45(39)23-37)79-83-51-22-35(3)48(30-53(51)98-6-2)80-78-43-11-8-12-44(29-43)99-34-85;1-4(2)3/h7-18,21-24,27-31,34,90-91H,5-6,19-20,25-26,32-33H2,1-4H3,(H,86,87)(H,88,89)(H,92,93)(H,94,95,96)(H2,67,69,71,73,75)(H2,68,70,72,74,76);. The molecule has 0 unspecified atom stereocenters. The SMILES string of the molecule is CCOc1cc(N=Nc2c(S(=O)(=O)O)cc3ccc(Cc4nc(NCCNc5nc(Cc6ccc7ccc(N=Nc8cc(C)c(N=Nc9cccc(OC=O)c9)cc8OCC)c(O)c7c6)nc(NCC(=O)O)n5)nc(NCC(=O)O)n4)cc3c2O)c(C)cc1N=Nc1cccc(C(=O)O)c1.O=S(=O)=O. The number of nitrogens with zero attached hydrogens (tertiary/aromatic N) is 14. The number of rotatable bonds is 31. The van der Waals surface area contributed by atoms with Gasteiger partial charge >= 0.3 is 28.5 Å². The summed E-state index contributed by atoms with van der Waals surface area (Å²) in [4.78, 5) is 71.6. The summed E-state index contributed by atoms with van der Waals surface area (Å²) in [7, 11) is -8.14. The van der Waals surface area contributed by atoms with Gasteiger partial charge < -0.3 is 61.0 Å². The van der Waals surface area contributed by atoms with Gasteiger partial charge in [0, 0.05) is 54.9 Å². The summed E-state index contributed by atoms with van der Waals surface area (Å²) in [5.74, 6) is -3.29. The molecule has 0 bridgehead atoms. The molecule has 10 rings (SSSR count). The molecule has 38 heteroatoms. The fourth-order valence-electron chi connectivity index (χ4n) is 9.71. The van der Waals surface area contributed by atoms with Gasteiger partial charge in [0.1, 0.15) is 69.6 Å². The van der Waals surface area contributed by atoms with Gasteiger partial charge in [-0.05, 0) is 127 Å². The van der Waals surface area contributed by atoms with Crippen molar-refractivity contribution < 1.29 is 84.5 Å². The van der Waals surface area contributed by atoms with Gasteiger partial charge in [-0.25, -0.2) is 4.79 Å². The van der Waals surface area contributed by atoms with Crippen LogP contribution in [0, 0.1) is 13.8 Å². The van der Waals surface area contributed by atoms with Crippen LogP contribution in [0.15, 0.2) is 173 Å². The molecule has 104 heavy (non-hydrogen) atoms. The van der Waals surface area contributed by atoms with Crippen LogP contribution in [-0.4, -0.2) is 145 Å². The fourth-order valence-corrected chi connectivity index (χ4v) is 10.4. The van der Waals surface area contributed by atoms with E-state index in [0.717, 1.165) is 6.07 Å². The highest BCUT2D eigenvalue weighted by molar-refractivity contribution is 7.86. The monoisotopic (exact) mass is 1460 g/mol. The van der Waals surface area contributed by atoms with Crippen LogP contribution in [0.4, 0.5) is 69.3 Å². The van der Waals surface area contributed by atoms with Crippen molar-refractivity contribution in [2.75, 3.05) is 60.7 Å². The molecule has 0 aliphatic heterocycles. The Labute approximate surface area is 590 Å². The number of anilines is 4. The van der Waals surface area contributed by atoms with E-state index in [2.05, 4.69) is 92.1 Å². The van der Waals surface area contributed by atoms with E-state index < -0.39 is 68.1 Å². The number of carbonyl (C=O) groups excluding carboxylic acids is 1. The van der Waals surface area contributed by atoms with Crippen LogP contribution in [0.1, 0.15) is 58.1 Å². The predicted molar refractivity (Wildman–Crippen MR) is 373 cm³/mol. The molecule has 0 spiro atoms. The average Bonchev–Trinajstić information content (AvgIpc) is 0.765. The quantitative estimate of drug-likeness (QED) is 0.00835. The van der Waals surface area contributed by atoms with E-state index in [1.54, 1.807) is 92.7 Å². The Morgan fingerprint density at radius 3 is 1.49 bits per heavy atom. The first kappa shape index (κ1) is 74.7. The van der Waals surface area contributed by atoms with Crippen molar-refractivity contribution in [1.82, 2.24) is 29.9 Å². The number of nitrogens with one attached hydrogen (secondary N) is 4. The van der Waals surface area contributed by atoms with Crippen molar-refractivity contribution in [2.24, 2.45) is 40.9 Å². The molecular formula is C66H60N18O18S2. The Kier molecular flexibility index (Phi) is 24.8. The molecule has 2 aromatic heterocycles. The Hall–Kier alpha value is -13.5. The van der Waals surface area contributed by atoms with Gasteiger partial charge in [-0.15, -0.1) is 38.2 Å². The number of carbonyl (C=O) groups is 4. The molecule has 0 atom stereocenters. The molecule has 0 saturated carbocycles. The van der Waals surface area contributed by atoms with E-state index in [1.165, 1.54) is 36.4 Å². The zero-order chi connectivity index (χ0) is 74.6. The van der Waals surface area contributed by atoms with Crippen LogP contribution < -0.4 is 35.5 Å². The summed E-state index contributed by atoms with van der Waals surface area (Å²) < 4.78 is 78.0. The first-order valence-electron chi connectivity index (χ1n) is 30.7. The number of benzene rings is 8. The smallest absolute Gasteiger partial charge is 0.425 e. The molecule has 0 fully saturated rings. The summed E-state index contributed by atoms with van der Waals surface area (Å²) in [6.45, 7) is 6.90. The lowest BCUT2D eigenvalue weighted by Gasteiger charge is -2.13. The minimum Gasteiger partial charge on any atom is -0.505 e. The summed E-state index contributed by atoms with van der Waals surface area (Å²) in [5.41, 5.74) is 3.79.